The molecule has 0 radical (unpaired) electrons. The Labute approximate surface area is 143 Å². The van der Waals surface area contributed by atoms with Crippen molar-refractivity contribution in [3.8, 4) is 17.1 Å². The number of fused-ring (bicyclic) bond motifs is 3. The molecule has 5 nitrogen and oxygen atoms in total. The number of benzene rings is 1. The average Bonchev–Trinajstić information content (AvgIpc) is 2.88. The maximum Gasteiger partial charge on any atom is 0.213 e. The number of ether oxygens (including phenoxy) is 1. The summed E-state index contributed by atoms with van der Waals surface area (Å²) in [5.74, 6) is 1.25. The van der Waals surface area contributed by atoms with Crippen LogP contribution in [0.5, 0.6) is 5.88 Å². The summed E-state index contributed by atoms with van der Waals surface area (Å²) in [6.07, 6.45) is 0. The van der Waals surface area contributed by atoms with E-state index in [9.17, 15) is 0 Å². The fraction of sp³-hybridized carbons (Fsp3) is 0.167. The molecular weight excluding hydrogens is 326 g/mol. The number of hydrogen-bond donors (Lipinski definition) is 0. The summed E-state index contributed by atoms with van der Waals surface area (Å²) < 4.78 is 10.7. The van der Waals surface area contributed by atoms with Crippen molar-refractivity contribution in [2.24, 2.45) is 4.99 Å². The summed E-state index contributed by atoms with van der Waals surface area (Å²) in [5.41, 5.74) is 5.19. The largest absolute Gasteiger partial charge is 0.481 e. The molecule has 3 heterocycles. The Hall–Kier alpha value is -2.66. The first-order valence-corrected chi connectivity index (χ1v) is 7.86. The molecule has 0 unspecified atom stereocenters. The highest BCUT2D eigenvalue weighted by Gasteiger charge is 2.25. The lowest BCUT2D eigenvalue weighted by Gasteiger charge is -2.11. The molecule has 2 aromatic heterocycles. The molecule has 0 spiro atoms. The highest BCUT2D eigenvalue weighted by atomic mass is 35.5. The van der Waals surface area contributed by atoms with Crippen molar-refractivity contribution in [3.05, 3.63) is 64.0 Å². The number of pyridine rings is 1. The van der Waals surface area contributed by atoms with Crippen LogP contribution >= 0.6 is 11.6 Å². The zero-order valence-corrected chi connectivity index (χ0v) is 14.0. The Kier molecular flexibility index (Phi) is 3.58. The van der Waals surface area contributed by atoms with Crippen LogP contribution in [0.15, 0.2) is 45.9 Å². The van der Waals surface area contributed by atoms with E-state index in [-0.39, 0.29) is 0 Å². The number of halogens is 1. The SMILES string of the molecule is COc1ccc2c(n1)-c1c(C)noc1CN=C2c1ccc(Cl)cc1. The van der Waals surface area contributed by atoms with Crippen LogP contribution in [-0.2, 0) is 6.54 Å². The second-order valence-electron chi connectivity index (χ2n) is 5.49. The van der Waals surface area contributed by atoms with E-state index in [2.05, 4.69) is 10.1 Å². The zero-order valence-electron chi connectivity index (χ0n) is 13.2. The lowest BCUT2D eigenvalue weighted by Crippen LogP contribution is -2.06. The Bertz CT molecular complexity index is 945. The van der Waals surface area contributed by atoms with Crippen molar-refractivity contribution < 1.29 is 9.26 Å². The fourth-order valence-corrected chi connectivity index (χ4v) is 2.98. The number of nitrogens with zero attached hydrogens (tertiary/aromatic N) is 3. The summed E-state index contributed by atoms with van der Waals surface area (Å²) in [5, 5.41) is 4.75. The normalized spacial score (nSPS) is 12.9. The van der Waals surface area contributed by atoms with Crippen LogP contribution in [-0.4, -0.2) is 23.0 Å². The summed E-state index contributed by atoms with van der Waals surface area (Å²) in [6, 6.07) is 11.4. The quantitative estimate of drug-likeness (QED) is 0.706. The molecule has 1 aliphatic heterocycles. The smallest absolute Gasteiger partial charge is 0.213 e. The van der Waals surface area contributed by atoms with Crippen LogP contribution < -0.4 is 4.74 Å². The van der Waals surface area contributed by atoms with Gasteiger partial charge < -0.3 is 9.26 Å². The van der Waals surface area contributed by atoms with Gasteiger partial charge in [0, 0.05) is 22.2 Å². The van der Waals surface area contributed by atoms with Crippen LogP contribution in [0.25, 0.3) is 11.3 Å². The van der Waals surface area contributed by atoms with Gasteiger partial charge in [0.25, 0.3) is 0 Å². The Morgan fingerprint density at radius 2 is 1.92 bits per heavy atom. The number of rotatable bonds is 2. The Morgan fingerprint density at radius 3 is 2.67 bits per heavy atom. The van der Waals surface area contributed by atoms with Gasteiger partial charge in [0.15, 0.2) is 5.76 Å². The van der Waals surface area contributed by atoms with Gasteiger partial charge in [-0.05, 0) is 25.1 Å². The van der Waals surface area contributed by atoms with Gasteiger partial charge in [0.1, 0.15) is 6.54 Å². The van der Waals surface area contributed by atoms with E-state index in [1.165, 1.54) is 0 Å². The molecule has 0 atom stereocenters. The minimum atomic E-state index is 0.410. The van der Waals surface area contributed by atoms with Gasteiger partial charge in [0.2, 0.25) is 5.88 Å². The molecule has 1 aliphatic rings. The van der Waals surface area contributed by atoms with Crippen molar-refractivity contribution in [2.45, 2.75) is 13.5 Å². The van der Waals surface area contributed by atoms with Gasteiger partial charge in [-0.1, -0.05) is 28.9 Å². The molecule has 6 heteroatoms. The molecule has 0 fully saturated rings. The van der Waals surface area contributed by atoms with Gasteiger partial charge in [-0.15, -0.1) is 0 Å². The third kappa shape index (κ3) is 2.37. The second kappa shape index (κ2) is 5.76. The molecule has 4 rings (SSSR count). The van der Waals surface area contributed by atoms with Gasteiger partial charge in [0.05, 0.1) is 29.8 Å². The minimum absolute atomic E-state index is 0.410. The fourth-order valence-electron chi connectivity index (χ4n) is 2.86. The van der Waals surface area contributed by atoms with E-state index >= 15 is 0 Å². The molecule has 0 aliphatic carbocycles. The first kappa shape index (κ1) is 14.9. The standard InChI is InChI=1S/C18H14ClN3O2/c1-10-16-14(24-22-10)9-20-17(11-3-5-12(19)6-4-11)13-7-8-15(23-2)21-18(13)16/h3-8H,9H2,1-2H3. The number of aliphatic imine (C=N–C) groups is 1. The van der Waals surface area contributed by atoms with Crippen LogP contribution in [0.3, 0.4) is 0 Å². The van der Waals surface area contributed by atoms with E-state index in [0.717, 1.165) is 33.8 Å². The van der Waals surface area contributed by atoms with E-state index in [1.807, 2.05) is 43.3 Å². The molecule has 3 aromatic rings. The predicted octanol–water partition coefficient (Wildman–Crippen LogP) is 4.06. The molecule has 120 valence electrons. The van der Waals surface area contributed by atoms with Gasteiger partial charge >= 0.3 is 0 Å². The monoisotopic (exact) mass is 339 g/mol. The molecule has 1 aromatic carbocycles. The lowest BCUT2D eigenvalue weighted by molar-refractivity contribution is 0.382. The van der Waals surface area contributed by atoms with Crippen molar-refractivity contribution in [3.63, 3.8) is 0 Å². The third-order valence-corrected chi connectivity index (χ3v) is 4.25. The van der Waals surface area contributed by atoms with Gasteiger partial charge in [-0.3, -0.25) is 4.99 Å². The van der Waals surface area contributed by atoms with Crippen molar-refractivity contribution in [1.29, 1.82) is 0 Å². The number of aromatic nitrogens is 2. The average molecular weight is 340 g/mol. The number of aryl methyl sites for hydroxylation is 1. The van der Waals surface area contributed by atoms with Crippen molar-refractivity contribution in [2.75, 3.05) is 7.11 Å². The van der Waals surface area contributed by atoms with Gasteiger partial charge in [-0.2, -0.15) is 0 Å². The van der Waals surface area contributed by atoms with E-state index < -0.39 is 0 Å². The molecular formula is C18H14ClN3O2. The number of methoxy groups -OCH3 is 1. The first-order chi connectivity index (χ1) is 11.7. The topological polar surface area (TPSA) is 60.5 Å². The maximum absolute atomic E-state index is 6.01. The summed E-state index contributed by atoms with van der Waals surface area (Å²) in [6.45, 7) is 2.31. The second-order valence-corrected chi connectivity index (χ2v) is 5.92. The lowest BCUT2D eigenvalue weighted by atomic mass is 9.97. The zero-order chi connectivity index (χ0) is 16.7. The predicted molar refractivity (Wildman–Crippen MR) is 91.8 cm³/mol. The molecule has 0 saturated carbocycles. The van der Waals surface area contributed by atoms with Gasteiger partial charge in [-0.25, -0.2) is 4.98 Å². The molecule has 0 saturated heterocycles. The molecule has 0 N–H and O–H groups in total. The minimum Gasteiger partial charge on any atom is -0.481 e. The van der Waals surface area contributed by atoms with E-state index in [4.69, 9.17) is 25.9 Å². The van der Waals surface area contributed by atoms with Crippen molar-refractivity contribution in [1.82, 2.24) is 10.1 Å². The molecule has 0 amide bonds. The Morgan fingerprint density at radius 1 is 1.12 bits per heavy atom. The highest BCUT2D eigenvalue weighted by Crippen LogP contribution is 2.34. The van der Waals surface area contributed by atoms with Crippen LogP contribution in [0, 0.1) is 6.92 Å². The third-order valence-electron chi connectivity index (χ3n) is 4.00. The van der Waals surface area contributed by atoms with Crippen LogP contribution in [0.2, 0.25) is 5.02 Å². The number of hydrogen-bond acceptors (Lipinski definition) is 5. The summed E-state index contributed by atoms with van der Waals surface area (Å²) in [4.78, 5) is 9.36. The van der Waals surface area contributed by atoms with Crippen LogP contribution in [0.1, 0.15) is 22.6 Å². The van der Waals surface area contributed by atoms with E-state index in [0.29, 0.717) is 23.2 Å². The first-order valence-electron chi connectivity index (χ1n) is 7.48. The molecule has 24 heavy (non-hydrogen) atoms. The van der Waals surface area contributed by atoms with Crippen LogP contribution in [0.4, 0.5) is 0 Å². The van der Waals surface area contributed by atoms with Crippen molar-refractivity contribution >= 4 is 17.3 Å². The summed E-state index contributed by atoms with van der Waals surface area (Å²) >= 11 is 6.01. The molecule has 0 bridgehead atoms. The highest BCUT2D eigenvalue weighted by molar-refractivity contribution is 6.30. The maximum atomic E-state index is 6.01. The summed E-state index contributed by atoms with van der Waals surface area (Å²) in [7, 11) is 1.60. The van der Waals surface area contributed by atoms with E-state index in [1.54, 1.807) is 7.11 Å². The Balaban J connectivity index is 1.96.